The SMILES string of the molecule is COc1ccc(N2CCCC2)c(-c2cc(N)n[nH]2)c1. The van der Waals surface area contributed by atoms with Crippen LogP contribution in [0.2, 0.25) is 0 Å². The Kier molecular flexibility index (Phi) is 3.03. The number of aromatic amines is 1. The van der Waals surface area contributed by atoms with Gasteiger partial charge in [-0.25, -0.2) is 0 Å². The Morgan fingerprint density at radius 3 is 2.68 bits per heavy atom. The lowest BCUT2D eigenvalue weighted by Crippen LogP contribution is -2.18. The molecule has 2 aromatic rings. The standard InChI is InChI=1S/C14H18N4O/c1-19-10-4-5-13(18-6-2-3-7-18)11(8-10)12-9-14(15)17-16-12/h4-5,8-9H,2-3,6-7H2,1H3,(H3,15,16,17). The van der Waals surface area contributed by atoms with Crippen LogP contribution in [0, 0.1) is 0 Å². The molecule has 1 saturated heterocycles. The molecular weight excluding hydrogens is 240 g/mol. The summed E-state index contributed by atoms with van der Waals surface area (Å²) in [5.74, 6) is 1.34. The number of hydrogen-bond donors (Lipinski definition) is 2. The van der Waals surface area contributed by atoms with E-state index >= 15 is 0 Å². The third-order valence-electron chi connectivity index (χ3n) is 3.54. The molecule has 2 heterocycles. The Labute approximate surface area is 112 Å². The predicted octanol–water partition coefficient (Wildman–Crippen LogP) is 2.27. The number of nitrogens with one attached hydrogen (secondary N) is 1. The zero-order valence-electron chi connectivity index (χ0n) is 11.0. The highest BCUT2D eigenvalue weighted by Crippen LogP contribution is 2.35. The van der Waals surface area contributed by atoms with Crippen molar-refractivity contribution in [1.82, 2.24) is 10.2 Å². The van der Waals surface area contributed by atoms with Crippen molar-refractivity contribution in [2.45, 2.75) is 12.8 Å². The van der Waals surface area contributed by atoms with Crippen molar-refractivity contribution in [1.29, 1.82) is 0 Å². The van der Waals surface area contributed by atoms with Gasteiger partial charge < -0.3 is 15.4 Å². The topological polar surface area (TPSA) is 67.2 Å². The number of methoxy groups -OCH3 is 1. The molecule has 0 spiro atoms. The molecule has 1 aromatic heterocycles. The van der Waals surface area contributed by atoms with Crippen molar-refractivity contribution >= 4 is 11.5 Å². The van der Waals surface area contributed by atoms with Gasteiger partial charge in [0.25, 0.3) is 0 Å². The zero-order valence-corrected chi connectivity index (χ0v) is 11.0. The van der Waals surface area contributed by atoms with Gasteiger partial charge in [-0.3, -0.25) is 5.10 Å². The van der Waals surface area contributed by atoms with Crippen molar-refractivity contribution in [2.24, 2.45) is 0 Å². The van der Waals surface area contributed by atoms with E-state index in [0.717, 1.165) is 30.1 Å². The van der Waals surface area contributed by atoms with E-state index < -0.39 is 0 Å². The van der Waals surface area contributed by atoms with E-state index in [1.807, 2.05) is 18.2 Å². The minimum atomic E-state index is 0.505. The minimum absolute atomic E-state index is 0.505. The van der Waals surface area contributed by atoms with Crippen LogP contribution in [0.3, 0.4) is 0 Å². The number of ether oxygens (including phenoxy) is 1. The molecule has 5 nitrogen and oxygen atoms in total. The van der Waals surface area contributed by atoms with Crippen LogP contribution in [0.15, 0.2) is 24.3 Å². The van der Waals surface area contributed by atoms with Gasteiger partial charge in [0.15, 0.2) is 0 Å². The van der Waals surface area contributed by atoms with Crippen LogP contribution in [0.4, 0.5) is 11.5 Å². The Bertz CT molecular complexity index is 573. The molecule has 0 atom stereocenters. The molecule has 1 aliphatic rings. The number of anilines is 2. The highest BCUT2D eigenvalue weighted by Gasteiger charge is 2.18. The van der Waals surface area contributed by atoms with Gasteiger partial charge in [-0.2, -0.15) is 5.10 Å². The second kappa shape index (κ2) is 4.84. The van der Waals surface area contributed by atoms with E-state index in [0.29, 0.717) is 5.82 Å². The molecule has 1 fully saturated rings. The highest BCUT2D eigenvalue weighted by molar-refractivity contribution is 5.79. The average Bonchev–Trinajstić information content (AvgIpc) is 3.09. The van der Waals surface area contributed by atoms with Crippen molar-refractivity contribution in [2.75, 3.05) is 30.8 Å². The summed E-state index contributed by atoms with van der Waals surface area (Å²) in [5, 5.41) is 6.99. The van der Waals surface area contributed by atoms with Gasteiger partial charge in [0.05, 0.1) is 12.8 Å². The summed E-state index contributed by atoms with van der Waals surface area (Å²) in [7, 11) is 1.68. The molecule has 0 bridgehead atoms. The zero-order chi connectivity index (χ0) is 13.2. The van der Waals surface area contributed by atoms with Gasteiger partial charge in [-0.05, 0) is 31.0 Å². The number of hydrogen-bond acceptors (Lipinski definition) is 4. The molecular formula is C14H18N4O. The minimum Gasteiger partial charge on any atom is -0.497 e. The quantitative estimate of drug-likeness (QED) is 0.886. The molecule has 0 unspecified atom stereocenters. The first-order chi connectivity index (χ1) is 9.28. The lowest BCUT2D eigenvalue weighted by atomic mass is 10.1. The number of nitrogen functional groups attached to an aromatic ring is 1. The molecule has 19 heavy (non-hydrogen) atoms. The van der Waals surface area contributed by atoms with E-state index in [9.17, 15) is 0 Å². The second-order valence-electron chi connectivity index (χ2n) is 4.78. The number of nitrogens with zero attached hydrogens (tertiary/aromatic N) is 2. The first-order valence-electron chi connectivity index (χ1n) is 6.52. The molecule has 3 N–H and O–H groups in total. The molecule has 0 aliphatic carbocycles. The van der Waals surface area contributed by atoms with Gasteiger partial charge in [-0.15, -0.1) is 0 Å². The average molecular weight is 258 g/mol. The van der Waals surface area contributed by atoms with Crippen LogP contribution in [-0.2, 0) is 0 Å². The lowest BCUT2D eigenvalue weighted by molar-refractivity contribution is 0.415. The largest absolute Gasteiger partial charge is 0.497 e. The van der Waals surface area contributed by atoms with E-state index in [2.05, 4.69) is 21.2 Å². The normalized spacial score (nSPS) is 14.9. The summed E-state index contributed by atoms with van der Waals surface area (Å²) in [5.41, 5.74) is 8.93. The Morgan fingerprint density at radius 1 is 1.26 bits per heavy atom. The second-order valence-corrected chi connectivity index (χ2v) is 4.78. The van der Waals surface area contributed by atoms with E-state index in [1.165, 1.54) is 18.5 Å². The van der Waals surface area contributed by atoms with E-state index in [4.69, 9.17) is 10.5 Å². The van der Waals surface area contributed by atoms with Crippen LogP contribution in [0.5, 0.6) is 5.75 Å². The van der Waals surface area contributed by atoms with Crippen molar-refractivity contribution in [3.8, 4) is 17.0 Å². The summed E-state index contributed by atoms with van der Waals surface area (Å²) < 4.78 is 5.32. The monoisotopic (exact) mass is 258 g/mol. The van der Waals surface area contributed by atoms with E-state index in [-0.39, 0.29) is 0 Å². The maximum Gasteiger partial charge on any atom is 0.145 e. The van der Waals surface area contributed by atoms with Crippen LogP contribution in [0.1, 0.15) is 12.8 Å². The first-order valence-corrected chi connectivity index (χ1v) is 6.52. The van der Waals surface area contributed by atoms with Gasteiger partial charge in [-0.1, -0.05) is 0 Å². The summed E-state index contributed by atoms with van der Waals surface area (Å²) >= 11 is 0. The fourth-order valence-corrected chi connectivity index (χ4v) is 2.57. The Hall–Kier alpha value is -2.17. The van der Waals surface area contributed by atoms with Crippen molar-refractivity contribution in [3.63, 3.8) is 0 Å². The number of aromatic nitrogens is 2. The summed E-state index contributed by atoms with van der Waals surface area (Å²) in [6.07, 6.45) is 2.49. The summed E-state index contributed by atoms with van der Waals surface area (Å²) in [6.45, 7) is 2.20. The van der Waals surface area contributed by atoms with Crippen LogP contribution < -0.4 is 15.4 Å². The number of rotatable bonds is 3. The van der Waals surface area contributed by atoms with Gasteiger partial charge >= 0.3 is 0 Å². The fourth-order valence-electron chi connectivity index (χ4n) is 2.57. The highest BCUT2D eigenvalue weighted by atomic mass is 16.5. The van der Waals surface area contributed by atoms with Gasteiger partial charge in [0, 0.05) is 30.4 Å². The third-order valence-corrected chi connectivity index (χ3v) is 3.54. The van der Waals surface area contributed by atoms with Crippen LogP contribution in [-0.4, -0.2) is 30.4 Å². The number of H-pyrrole nitrogens is 1. The van der Waals surface area contributed by atoms with Crippen molar-refractivity contribution in [3.05, 3.63) is 24.3 Å². The maximum atomic E-state index is 5.70. The molecule has 5 heteroatoms. The summed E-state index contributed by atoms with van der Waals surface area (Å²) in [6, 6.07) is 7.99. The molecule has 1 aliphatic heterocycles. The predicted molar refractivity (Wildman–Crippen MR) is 76.4 cm³/mol. The molecule has 1 aromatic carbocycles. The third kappa shape index (κ3) is 2.23. The maximum absolute atomic E-state index is 5.70. The number of nitrogens with two attached hydrogens (primary N) is 1. The lowest BCUT2D eigenvalue weighted by Gasteiger charge is -2.21. The molecule has 0 radical (unpaired) electrons. The molecule has 0 saturated carbocycles. The van der Waals surface area contributed by atoms with E-state index in [1.54, 1.807) is 7.11 Å². The Balaban J connectivity index is 2.07. The summed E-state index contributed by atoms with van der Waals surface area (Å²) in [4.78, 5) is 2.39. The smallest absolute Gasteiger partial charge is 0.145 e. The molecule has 3 rings (SSSR count). The van der Waals surface area contributed by atoms with Crippen LogP contribution in [0.25, 0.3) is 11.3 Å². The van der Waals surface area contributed by atoms with Crippen LogP contribution >= 0.6 is 0 Å². The van der Waals surface area contributed by atoms with Gasteiger partial charge in [0.1, 0.15) is 11.6 Å². The molecule has 0 amide bonds. The Morgan fingerprint density at radius 2 is 2.05 bits per heavy atom. The number of benzene rings is 1. The van der Waals surface area contributed by atoms with Crippen molar-refractivity contribution < 1.29 is 4.74 Å². The fraction of sp³-hybridized carbons (Fsp3) is 0.357. The first kappa shape index (κ1) is 11.9. The van der Waals surface area contributed by atoms with Gasteiger partial charge in [0.2, 0.25) is 0 Å². The molecule has 100 valence electrons.